The maximum atomic E-state index is 10.3. The van der Waals surface area contributed by atoms with Gasteiger partial charge in [-0.3, -0.25) is 4.79 Å². The summed E-state index contributed by atoms with van der Waals surface area (Å²) in [7, 11) is 0. The molecule has 0 heterocycles. The lowest BCUT2D eigenvalue weighted by Gasteiger charge is -2.32. The molecule has 0 spiro atoms. The van der Waals surface area contributed by atoms with Gasteiger partial charge in [0.25, 0.3) is 0 Å². The van der Waals surface area contributed by atoms with E-state index in [0.29, 0.717) is 25.5 Å². The quantitative estimate of drug-likeness (QED) is 0.607. The zero-order valence-corrected chi connectivity index (χ0v) is 13.8. The van der Waals surface area contributed by atoms with Crippen LogP contribution in [0.25, 0.3) is 0 Å². The molecule has 1 aliphatic rings. The first-order chi connectivity index (χ1) is 11.8. The number of hydrogen-bond donors (Lipinski definition) is 2. The summed E-state index contributed by atoms with van der Waals surface area (Å²) in [5, 5.41) is 2.60. The van der Waals surface area contributed by atoms with Crippen molar-refractivity contribution in [2.75, 3.05) is 13.2 Å². The fourth-order valence-corrected chi connectivity index (χ4v) is 3.41. The zero-order valence-electron chi connectivity index (χ0n) is 13.8. The highest BCUT2D eigenvalue weighted by atomic mass is 16.5. The molecule has 2 aromatic carbocycles. The van der Waals surface area contributed by atoms with E-state index in [-0.39, 0.29) is 6.04 Å². The van der Waals surface area contributed by atoms with E-state index >= 15 is 0 Å². The zero-order chi connectivity index (χ0) is 16.8. The summed E-state index contributed by atoms with van der Waals surface area (Å²) in [5.41, 5.74) is 10.4. The molecule has 0 saturated heterocycles. The molecule has 0 radical (unpaired) electrons. The van der Waals surface area contributed by atoms with Gasteiger partial charge in [-0.1, -0.05) is 36.4 Å². The smallest absolute Gasteiger partial charge is 0.207 e. The van der Waals surface area contributed by atoms with Gasteiger partial charge >= 0.3 is 0 Å². The molecule has 0 fully saturated rings. The number of ether oxygens (including phenoxy) is 1. The van der Waals surface area contributed by atoms with Crippen molar-refractivity contribution >= 4 is 6.41 Å². The lowest BCUT2D eigenvalue weighted by Crippen LogP contribution is -2.34. The van der Waals surface area contributed by atoms with Gasteiger partial charge in [-0.15, -0.1) is 0 Å². The van der Waals surface area contributed by atoms with Crippen LogP contribution >= 0.6 is 0 Å². The number of carbonyl (C=O) groups is 1. The van der Waals surface area contributed by atoms with Gasteiger partial charge in [-0.05, 0) is 48.1 Å². The SMILES string of the molecule is NC1CCc2ccc(OCCNC=O)cc2C1Cc1ccccc1. The molecule has 24 heavy (non-hydrogen) atoms. The summed E-state index contributed by atoms with van der Waals surface area (Å²) in [6, 6.07) is 17.0. The van der Waals surface area contributed by atoms with Crippen LogP contribution < -0.4 is 15.8 Å². The maximum absolute atomic E-state index is 10.3. The summed E-state index contributed by atoms with van der Waals surface area (Å²) in [6.07, 6.45) is 3.68. The molecule has 3 rings (SSSR count). The van der Waals surface area contributed by atoms with Crippen LogP contribution in [0.3, 0.4) is 0 Å². The van der Waals surface area contributed by atoms with Crippen LogP contribution in [0.2, 0.25) is 0 Å². The Morgan fingerprint density at radius 2 is 2.04 bits per heavy atom. The average Bonchev–Trinajstić information content (AvgIpc) is 2.62. The fraction of sp³-hybridized carbons (Fsp3) is 0.350. The van der Waals surface area contributed by atoms with Gasteiger partial charge in [0.2, 0.25) is 6.41 Å². The van der Waals surface area contributed by atoms with Crippen molar-refractivity contribution < 1.29 is 9.53 Å². The second-order valence-electron chi connectivity index (χ2n) is 6.28. The molecule has 2 atom stereocenters. The molecule has 4 nitrogen and oxygen atoms in total. The Kier molecular flexibility index (Phi) is 5.49. The van der Waals surface area contributed by atoms with Crippen molar-refractivity contribution in [2.24, 2.45) is 5.73 Å². The normalized spacial score (nSPS) is 19.4. The monoisotopic (exact) mass is 324 g/mol. The Bertz CT molecular complexity index is 673. The molecule has 4 heteroatoms. The molecule has 126 valence electrons. The number of aryl methyl sites for hydroxylation is 1. The fourth-order valence-electron chi connectivity index (χ4n) is 3.41. The summed E-state index contributed by atoms with van der Waals surface area (Å²) >= 11 is 0. The van der Waals surface area contributed by atoms with Crippen LogP contribution in [0.15, 0.2) is 48.5 Å². The van der Waals surface area contributed by atoms with E-state index in [1.165, 1.54) is 16.7 Å². The van der Waals surface area contributed by atoms with Crippen molar-refractivity contribution in [1.29, 1.82) is 0 Å². The number of benzene rings is 2. The molecule has 2 aromatic rings. The first-order valence-electron chi connectivity index (χ1n) is 8.50. The number of amides is 1. The summed E-state index contributed by atoms with van der Waals surface area (Å²) in [4.78, 5) is 10.3. The second-order valence-corrected chi connectivity index (χ2v) is 6.28. The van der Waals surface area contributed by atoms with E-state index < -0.39 is 0 Å². The standard InChI is InChI=1S/C20H24N2O2/c21-20-9-7-16-6-8-17(24-11-10-22-14-23)13-18(16)19(20)12-15-4-2-1-3-5-15/h1-6,8,13-14,19-20H,7,9-12,21H2,(H,22,23). The molecular weight excluding hydrogens is 300 g/mol. The third kappa shape index (κ3) is 3.95. The Labute approximate surface area is 143 Å². The minimum absolute atomic E-state index is 0.171. The number of nitrogens with two attached hydrogens (primary N) is 1. The largest absolute Gasteiger partial charge is 0.492 e. The summed E-state index contributed by atoms with van der Waals surface area (Å²) in [5.74, 6) is 1.15. The molecule has 1 amide bonds. The number of rotatable bonds is 7. The van der Waals surface area contributed by atoms with Gasteiger partial charge < -0.3 is 15.8 Å². The lowest BCUT2D eigenvalue weighted by atomic mass is 9.76. The minimum atomic E-state index is 0.171. The third-order valence-corrected chi connectivity index (χ3v) is 4.68. The van der Waals surface area contributed by atoms with Crippen LogP contribution in [0.1, 0.15) is 29.0 Å². The van der Waals surface area contributed by atoms with Crippen LogP contribution in [-0.2, 0) is 17.6 Å². The Balaban J connectivity index is 1.77. The van der Waals surface area contributed by atoms with Gasteiger partial charge in [-0.2, -0.15) is 0 Å². The number of carbonyl (C=O) groups excluding carboxylic acids is 1. The number of nitrogens with one attached hydrogen (secondary N) is 1. The van der Waals surface area contributed by atoms with E-state index in [1.807, 2.05) is 12.1 Å². The molecule has 2 unspecified atom stereocenters. The average molecular weight is 324 g/mol. The Hall–Kier alpha value is -2.33. The van der Waals surface area contributed by atoms with Crippen molar-refractivity contribution in [1.82, 2.24) is 5.32 Å². The first kappa shape index (κ1) is 16.5. The van der Waals surface area contributed by atoms with Gasteiger partial charge in [0, 0.05) is 12.0 Å². The van der Waals surface area contributed by atoms with Gasteiger partial charge in [-0.25, -0.2) is 0 Å². The van der Waals surface area contributed by atoms with Crippen LogP contribution in [0.5, 0.6) is 5.75 Å². The van der Waals surface area contributed by atoms with E-state index in [1.54, 1.807) is 0 Å². The molecule has 0 aromatic heterocycles. The van der Waals surface area contributed by atoms with Crippen LogP contribution in [-0.4, -0.2) is 25.6 Å². The van der Waals surface area contributed by atoms with Gasteiger partial charge in [0.1, 0.15) is 12.4 Å². The van der Waals surface area contributed by atoms with E-state index in [4.69, 9.17) is 10.5 Å². The lowest BCUT2D eigenvalue weighted by molar-refractivity contribution is -0.109. The summed E-state index contributed by atoms with van der Waals surface area (Å²) in [6.45, 7) is 0.973. The minimum Gasteiger partial charge on any atom is -0.492 e. The predicted molar refractivity (Wildman–Crippen MR) is 95.2 cm³/mol. The van der Waals surface area contributed by atoms with Crippen LogP contribution in [0.4, 0.5) is 0 Å². The highest BCUT2D eigenvalue weighted by Gasteiger charge is 2.27. The molecule has 0 aliphatic heterocycles. The first-order valence-corrected chi connectivity index (χ1v) is 8.50. The van der Waals surface area contributed by atoms with Crippen molar-refractivity contribution in [3.63, 3.8) is 0 Å². The molecule has 0 bridgehead atoms. The molecule has 0 saturated carbocycles. The highest BCUT2D eigenvalue weighted by Crippen LogP contribution is 2.35. The predicted octanol–water partition coefficient (Wildman–Crippen LogP) is 2.41. The van der Waals surface area contributed by atoms with Crippen molar-refractivity contribution in [3.8, 4) is 5.75 Å². The van der Waals surface area contributed by atoms with E-state index in [9.17, 15) is 4.79 Å². The number of hydrogen-bond acceptors (Lipinski definition) is 3. The molecular formula is C20H24N2O2. The third-order valence-electron chi connectivity index (χ3n) is 4.68. The maximum Gasteiger partial charge on any atom is 0.207 e. The van der Waals surface area contributed by atoms with Gasteiger partial charge in [0.15, 0.2) is 0 Å². The molecule has 1 aliphatic carbocycles. The molecule has 3 N–H and O–H groups in total. The van der Waals surface area contributed by atoms with E-state index in [0.717, 1.165) is 25.0 Å². The Morgan fingerprint density at radius 1 is 1.21 bits per heavy atom. The Morgan fingerprint density at radius 3 is 2.83 bits per heavy atom. The number of fused-ring (bicyclic) bond motifs is 1. The topological polar surface area (TPSA) is 64.3 Å². The van der Waals surface area contributed by atoms with Gasteiger partial charge in [0.05, 0.1) is 6.54 Å². The second kappa shape index (κ2) is 7.97. The van der Waals surface area contributed by atoms with E-state index in [2.05, 4.69) is 41.7 Å². The van der Waals surface area contributed by atoms with Crippen molar-refractivity contribution in [2.45, 2.75) is 31.2 Å². The van der Waals surface area contributed by atoms with Crippen molar-refractivity contribution in [3.05, 3.63) is 65.2 Å². The highest BCUT2D eigenvalue weighted by molar-refractivity contribution is 5.45. The summed E-state index contributed by atoms with van der Waals surface area (Å²) < 4.78 is 5.75. The van der Waals surface area contributed by atoms with Crippen LogP contribution in [0, 0.1) is 0 Å².